The fourth-order valence-electron chi connectivity index (χ4n) is 1.73. The van der Waals surface area contributed by atoms with Crippen LogP contribution in [0.2, 0.25) is 5.02 Å². The van der Waals surface area contributed by atoms with Crippen LogP contribution < -0.4 is 0 Å². The lowest BCUT2D eigenvalue weighted by Gasteiger charge is -2.30. The molecule has 1 aliphatic rings. The van der Waals surface area contributed by atoms with Gasteiger partial charge in [0, 0.05) is 36.8 Å². The first-order chi connectivity index (χ1) is 8.65. The summed E-state index contributed by atoms with van der Waals surface area (Å²) in [6, 6.07) is 6.83. The summed E-state index contributed by atoms with van der Waals surface area (Å²) in [6.07, 6.45) is 1.38. The van der Waals surface area contributed by atoms with E-state index < -0.39 is 0 Å². The molecule has 1 aromatic rings. The third-order valence-electron chi connectivity index (χ3n) is 2.95. The van der Waals surface area contributed by atoms with E-state index in [4.69, 9.17) is 11.6 Å². The van der Waals surface area contributed by atoms with Gasteiger partial charge in [-0.1, -0.05) is 11.6 Å². The standard InChI is InChI=1S/C13H16ClN3O/c1-16-6-8-17(9-7-16)15-10-13(18)11-2-4-12(14)5-3-11/h2-5,10H,6-9H2,1H3. The minimum Gasteiger partial charge on any atom is -0.303 e. The van der Waals surface area contributed by atoms with E-state index in [1.807, 2.05) is 5.01 Å². The molecule has 0 unspecified atom stereocenters. The van der Waals surface area contributed by atoms with Crippen molar-refractivity contribution in [2.45, 2.75) is 0 Å². The number of halogens is 1. The highest BCUT2D eigenvalue weighted by molar-refractivity contribution is 6.35. The number of piperazine rings is 1. The van der Waals surface area contributed by atoms with Crippen LogP contribution in [0.1, 0.15) is 10.4 Å². The van der Waals surface area contributed by atoms with Gasteiger partial charge in [-0.2, -0.15) is 5.10 Å². The number of carbonyl (C=O) groups excluding carboxylic acids is 1. The minimum atomic E-state index is -0.0920. The molecule has 0 bridgehead atoms. The Morgan fingerprint density at radius 2 is 1.83 bits per heavy atom. The maximum absolute atomic E-state index is 11.8. The van der Waals surface area contributed by atoms with Gasteiger partial charge in [0.25, 0.3) is 0 Å². The minimum absolute atomic E-state index is 0.0920. The van der Waals surface area contributed by atoms with Gasteiger partial charge in [-0.3, -0.25) is 9.80 Å². The summed E-state index contributed by atoms with van der Waals surface area (Å²) in [6.45, 7) is 3.68. The van der Waals surface area contributed by atoms with Crippen molar-refractivity contribution in [2.75, 3.05) is 33.2 Å². The molecule has 0 aliphatic carbocycles. The number of hydrazone groups is 1. The Balaban J connectivity index is 1.92. The maximum Gasteiger partial charge on any atom is 0.205 e. The second-order valence-electron chi connectivity index (χ2n) is 4.37. The van der Waals surface area contributed by atoms with Crippen LogP contribution in [0.5, 0.6) is 0 Å². The molecule has 5 heteroatoms. The zero-order valence-corrected chi connectivity index (χ0v) is 11.1. The Morgan fingerprint density at radius 3 is 2.44 bits per heavy atom. The summed E-state index contributed by atoms with van der Waals surface area (Å²) < 4.78 is 0. The number of benzene rings is 1. The maximum atomic E-state index is 11.8. The van der Waals surface area contributed by atoms with Crippen LogP contribution in [0.3, 0.4) is 0 Å². The second kappa shape index (κ2) is 5.98. The highest BCUT2D eigenvalue weighted by Gasteiger charge is 2.11. The normalized spacial score (nSPS) is 17.3. The lowest BCUT2D eigenvalue weighted by Crippen LogP contribution is -2.41. The van der Waals surface area contributed by atoms with E-state index in [2.05, 4.69) is 17.0 Å². The first-order valence-corrected chi connectivity index (χ1v) is 6.30. The second-order valence-corrected chi connectivity index (χ2v) is 4.81. The Morgan fingerprint density at radius 1 is 1.22 bits per heavy atom. The Labute approximate surface area is 112 Å². The molecule has 2 rings (SSSR count). The van der Waals surface area contributed by atoms with Crippen LogP contribution in [-0.2, 0) is 0 Å². The van der Waals surface area contributed by atoms with E-state index in [0.29, 0.717) is 10.6 Å². The van der Waals surface area contributed by atoms with Crippen LogP contribution in [0.15, 0.2) is 29.4 Å². The van der Waals surface area contributed by atoms with Gasteiger partial charge in [0.1, 0.15) is 0 Å². The van der Waals surface area contributed by atoms with Gasteiger partial charge < -0.3 is 4.90 Å². The molecule has 0 saturated carbocycles. The van der Waals surface area contributed by atoms with Gasteiger partial charge in [0.2, 0.25) is 5.78 Å². The number of likely N-dealkylation sites (N-methyl/N-ethyl adjacent to an activating group) is 1. The van der Waals surface area contributed by atoms with Crippen LogP contribution in [0.25, 0.3) is 0 Å². The van der Waals surface area contributed by atoms with Crippen molar-refractivity contribution in [3.8, 4) is 0 Å². The third-order valence-corrected chi connectivity index (χ3v) is 3.20. The van der Waals surface area contributed by atoms with E-state index >= 15 is 0 Å². The van der Waals surface area contributed by atoms with Gasteiger partial charge in [-0.15, -0.1) is 0 Å². The van der Waals surface area contributed by atoms with Crippen molar-refractivity contribution < 1.29 is 4.79 Å². The fraction of sp³-hybridized carbons (Fsp3) is 0.385. The SMILES string of the molecule is CN1CCN(N=CC(=O)c2ccc(Cl)cc2)CC1. The zero-order valence-electron chi connectivity index (χ0n) is 10.3. The van der Waals surface area contributed by atoms with Gasteiger partial charge in [-0.25, -0.2) is 0 Å². The van der Waals surface area contributed by atoms with E-state index in [1.165, 1.54) is 6.21 Å². The van der Waals surface area contributed by atoms with Gasteiger partial charge in [-0.05, 0) is 31.3 Å². The molecule has 0 spiro atoms. The molecule has 1 fully saturated rings. The Bertz CT molecular complexity index is 436. The third kappa shape index (κ3) is 3.55. The van der Waals surface area contributed by atoms with Crippen molar-refractivity contribution >= 4 is 23.6 Å². The van der Waals surface area contributed by atoms with E-state index in [9.17, 15) is 4.79 Å². The summed E-state index contributed by atoms with van der Waals surface area (Å²) in [4.78, 5) is 14.1. The highest BCUT2D eigenvalue weighted by Crippen LogP contribution is 2.09. The molecule has 96 valence electrons. The monoisotopic (exact) mass is 265 g/mol. The summed E-state index contributed by atoms with van der Waals surface area (Å²) in [5, 5.41) is 6.77. The first-order valence-electron chi connectivity index (χ1n) is 5.92. The average Bonchev–Trinajstić information content (AvgIpc) is 2.38. The molecule has 1 aromatic carbocycles. The number of hydrogen-bond donors (Lipinski definition) is 0. The molecular weight excluding hydrogens is 250 g/mol. The molecule has 0 aromatic heterocycles. The fourth-order valence-corrected chi connectivity index (χ4v) is 1.86. The number of Topliss-reactive ketones (excluding diaryl/α,β-unsaturated/α-hetero) is 1. The summed E-state index contributed by atoms with van der Waals surface area (Å²) in [5.74, 6) is -0.0920. The van der Waals surface area contributed by atoms with Gasteiger partial charge >= 0.3 is 0 Å². The Hall–Kier alpha value is -1.39. The van der Waals surface area contributed by atoms with Crippen molar-refractivity contribution in [1.82, 2.24) is 9.91 Å². The molecular formula is C13H16ClN3O. The topological polar surface area (TPSA) is 35.9 Å². The van der Waals surface area contributed by atoms with Crippen molar-refractivity contribution in [3.05, 3.63) is 34.9 Å². The van der Waals surface area contributed by atoms with Crippen molar-refractivity contribution in [3.63, 3.8) is 0 Å². The van der Waals surface area contributed by atoms with E-state index in [1.54, 1.807) is 24.3 Å². The number of nitrogens with zero attached hydrogens (tertiary/aromatic N) is 3. The summed E-state index contributed by atoms with van der Waals surface area (Å²) in [7, 11) is 2.08. The largest absolute Gasteiger partial charge is 0.303 e. The predicted octanol–water partition coefficient (Wildman–Crippen LogP) is 1.76. The molecule has 1 saturated heterocycles. The summed E-state index contributed by atoms with van der Waals surface area (Å²) in [5.41, 5.74) is 0.609. The predicted molar refractivity (Wildman–Crippen MR) is 73.3 cm³/mol. The molecule has 18 heavy (non-hydrogen) atoms. The van der Waals surface area contributed by atoms with Crippen molar-refractivity contribution in [2.24, 2.45) is 5.10 Å². The average molecular weight is 266 g/mol. The van der Waals surface area contributed by atoms with Crippen LogP contribution in [-0.4, -0.2) is 55.1 Å². The lowest BCUT2D eigenvalue weighted by molar-refractivity contribution is 0.106. The van der Waals surface area contributed by atoms with Gasteiger partial charge in [0.05, 0.1) is 6.21 Å². The number of rotatable bonds is 3. The quantitative estimate of drug-likeness (QED) is 0.617. The summed E-state index contributed by atoms with van der Waals surface area (Å²) >= 11 is 5.77. The van der Waals surface area contributed by atoms with Crippen LogP contribution in [0.4, 0.5) is 0 Å². The molecule has 4 nitrogen and oxygen atoms in total. The van der Waals surface area contributed by atoms with Crippen molar-refractivity contribution in [1.29, 1.82) is 0 Å². The molecule has 0 radical (unpaired) electrons. The number of carbonyl (C=O) groups is 1. The lowest BCUT2D eigenvalue weighted by atomic mass is 10.1. The van der Waals surface area contributed by atoms with Crippen LogP contribution >= 0.6 is 11.6 Å². The van der Waals surface area contributed by atoms with E-state index in [-0.39, 0.29) is 5.78 Å². The number of ketones is 1. The molecule has 1 aliphatic heterocycles. The van der Waals surface area contributed by atoms with E-state index in [0.717, 1.165) is 26.2 Å². The molecule has 0 atom stereocenters. The molecule has 0 amide bonds. The first kappa shape index (κ1) is 13.1. The smallest absolute Gasteiger partial charge is 0.205 e. The molecule has 1 heterocycles. The number of hydrogen-bond acceptors (Lipinski definition) is 4. The Kier molecular flexibility index (Phi) is 4.33. The van der Waals surface area contributed by atoms with Gasteiger partial charge in [0.15, 0.2) is 0 Å². The zero-order chi connectivity index (χ0) is 13.0. The highest BCUT2D eigenvalue weighted by atomic mass is 35.5. The van der Waals surface area contributed by atoms with Crippen LogP contribution in [0, 0.1) is 0 Å². The molecule has 0 N–H and O–H groups in total.